The number of nitrogens with zero attached hydrogens (tertiary/aromatic N) is 2. The van der Waals surface area contributed by atoms with Crippen LogP contribution in [0.1, 0.15) is 21.5 Å². The molecular formula is C12H9FN2O. The summed E-state index contributed by atoms with van der Waals surface area (Å²) in [6.07, 6.45) is 2.73. The van der Waals surface area contributed by atoms with Gasteiger partial charge in [0, 0.05) is 5.56 Å². The number of ketones is 1. The first kappa shape index (κ1) is 10.4. The van der Waals surface area contributed by atoms with Crippen molar-refractivity contribution in [1.29, 1.82) is 0 Å². The Balaban J connectivity index is 2.46. The molecule has 4 heteroatoms. The van der Waals surface area contributed by atoms with Crippen molar-refractivity contribution in [2.45, 2.75) is 6.92 Å². The quantitative estimate of drug-likeness (QED) is 0.722. The van der Waals surface area contributed by atoms with E-state index in [1.54, 1.807) is 13.0 Å². The van der Waals surface area contributed by atoms with Gasteiger partial charge < -0.3 is 0 Å². The summed E-state index contributed by atoms with van der Waals surface area (Å²) >= 11 is 0. The lowest BCUT2D eigenvalue weighted by Crippen LogP contribution is -2.05. The zero-order chi connectivity index (χ0) is 11.5. The highest BCUT2D eigenvalue weighted by molar-refractivity contribution is 6.08. The number of carbonyl (C=O) groups excluding carboxylic acids is 1. The molecule has 0 aliphatic carbocycles. The van der Waals surface area contributed by atoms with Crippen molar-refractivity contribution in [3.05, 3.63) is 59.2 Å². The largest absolute Gasteiger partial charge is 0.288 e. The minimum absolute atomic E-state index is 0.0630. The van der Waals surface area contributed by atoms with Crippen LogP contribution in [0.15, 0.2) is 36.7 Å². The molecule has 0 atom stereocenters. The summed E-state index contributed by atoms with van der Waals surface area (Å²) in [4.78, 5) is 11.9. The van der Waals surface area contributed by atoms with Crippen LogP contribution in [0, 0.1) is 12.7 Å². The van der Waals surface area contributed by atoms with Gasteiger partial charge >= 0.3 is 0 Å². The summed E-state index contributed by atoms with van der Waals surface area (Å²) in [7, 11) is 0. The maximum atomic E-state index is 13.4. The zero-order valence-corrected chi connectivity index (χ0v) is 8.64. The Bertz CT molecular complexity index is 526. The fourth-order valence-electron chi connectivity index (χ4n) is 1.39. The second-order valence-corrected chi connectivity index (χ2v) is 3.44. The molecule has 0 radical (unpaired) electrons. The Labute approximate surface area is 92.0 Å². The fraction of sp³-hybridized carbons (Fsp3) is 0.0833. The Morgan fingerprint density at radius 2 is 2.06 bits per heavy atom. The maximum Gasteiger partial charge on any atom is 0.197 e. The Morgan fingerprint density at radius 1 is 1.25 bits per heavy atom. The van der Waals surface area contributed by atoms with Crippen LogP contribution in [0.2, 0.25) is 0 Å². The van der Waals surface area contributed by atoms with E-state index in [0.717, 1.165) is 5.56 Å². The standard InChI is InChI=1S/C12H9FN2O/c1-8-2-3-11(13)10(6-8)12(16)9-4-5-14-15-7-9/h2-7H,1H3. The van der Waals surface area contributed by atoms with Gasteiger partial charge in [0.15, 0.2) is 5.78 Å². The van der Waals surface area contributed by atoms with Gasteiger partial charge in [0.2, 0.25) is 0 Å². The van der Waals surface area contributed by atoms with Gasteiger partial charge in [0.25, 0.3) is 0 Å². The molecule has 0 bridgehead atoms. The van der Waals surface area contributed by atoms with Crippen molar-refractivity contribution in [1.82, 2.24) is 10.2 Å². The highest BCUT2D eigenvalue weighted by Gasteiger charge is 2.13. The molecule has 2 aromatic rings. The minimum Gasteiger partial charge on any atom is -0.288 e. The highest BCUT2D eigenvalue weighted by Crippen LogP contribution is 2.14. The lowest BCUT2D eigenvalue weighted by atomic mass is 10.0. The number of aromatic nitrogens is 2. The van der Waals surface area contributed by atoms with E-state index >= 15 is 0 Å². The SMILES string of the molecule is Cc1ccc(F)c(C(=O)c2ccnnc2)c1. The molecule has 2 rings (SSSR count). The average Bonchev–Trinajstić information content (AvgIpc) is 2.32. The molecule has 0 aliphatic rings. The first-order valence-corrected chi connectivity index (χ1v) is 4.76. The summed E-state index contributed by atoms with van der Waals surface area (Å²) in [5, 5.41) is 7.16. The summed E-state index contributed by atoms with van der Waals surface area (Å²) in [5.74, 6) is -0.900. The van der Waals surface area contributed by atoms with E-state index in [9.17, 15) is 9.18 Å². The van der Waals surface area contributed by atoms with Gasteiger partial charge in [-0.05, 0) is 25.1 Å². The van der Waals surface area contributed by atoms with Gasteiger partial charge in [-0.15, -0.1) is 0 Å². The molecule has 3 nitrogen and oxygen atoms in total. The lowest BCUT2D eigenvalue weighted by Gasteiger charge is -2.03. The van der Waals surface area contributed by atoms with Gasteiger partial charge in [-0.25, -0.2) is 4.39 Å². The van der Waals surface area contributed by atoms with Crippen LogP contribution in [0.3, 0.4) is 0 Å². The molecule has 0 saturated carbocycles. The number of benzene rings is 1. The lowest BCUT2D eigenvalue weighted by molar-refractivity contribution is 0.103. The van der Waals surface area contributed by atoms with Gasteiger partial charge in [-0.3, -0.25) is 4.79 Å². The molecular weight excluding hydrogens is 207 g/mol. The molecule has 1 aromatic heterocycles. The number of hydrogen-bond acceptors (Lipinski definition) is 3. The first-order valence-electron chi connectivity index (χ1n) is 4.76. The maximum absolute atomic E-state index is 13.4. The number of hydrogen-bond donors (Lipinski definition) is 0. The van der Waals surface area contributed by atoms with Gasteiger partial charge in [-0.1, -0.05) is 11.6 Å². The molecule has 16 heavy (non-hydrogen) atoms. The van der Waals surface area contributed by atoms with Crippen LogP contribution in [-0.4, -0.2) is 16.0 Å². The number of carbonyl (C=O) groups is 1. The van der Waals surface area contributed by atoms with E-state index in [0.29, 0.717) is 5.56 Å². The second-order valence-electron chi connectivity index (χ2n) is 3.44. The smallest absolute Gasteiger partial charge is 0.197 e. The molecule has 0 unspecified atom stereocenters. The highest BCUT2D eigenvalue weighted by atomic mass is 19.1. The average molecular weight is 216 g/mol. The molecule has 1 aromatic carbocycles. The minimum atomic E-state index is -0.521. The third-order valence-electron chi connectivity index (χ3n) is 2.21. The summed E-state index contributed by atoms with van der Waals surface area (Å²) in [5.41, 5.74) is 1.24. The number of aryl methyl sites for hydroxylation is 1. The van der Waals surface area contributed by atoms with E-state index < -0.39 is 5.82 Å². The van der Waals surface area contributed by atoms with E-state index in [4.69, 9.17) is 0 Å². The third-order valence-corrected chi connectivity index (χ3v) is 2.21. The second kappa shape index (κ2) is 4.18. The van der Waals surface area contributed by atoms with Gasteiger partial charge in [-0.2, -0.15) is 10.2 Å². The monoisotopic (exact) mass is 216 g/mol. The fourth-order valence-corrected chi connectivity index (χ4v) is 1.39. The van der Waals surface area contributed by atoms with Crippen LogP contribution < -0.4 is 0 Å². The van der Waals surface area contributed by atoms with E-state index in [-0.39, 0.29) is 11.3 Å². The van der Waals surface area contributed by atoms with E-state index in [1.165, 1.54) is 30.6 Å². The van der Waals surface area contributed by atoms with E-state index in [1.807, 2.05) is 0 Å². The molecule has 0 spiro atoms. The summed E-state index contributed by atoms with van der Waals surface area (Å²) in [6, 6.07) is 5.95. The number of halogens is 1. The van der Waals surface area contributed by atoms with Crippen molar-refractivity contribution in [3.8, 4) is 0 Å². The van der Waals surface area contributed by atoms with Crippen molar-refractivity contribution in [3.63, 3.8) is 0 Å². The molecule has 1 heterocycles. The molecule has 0 N–H and O–H groups in total. The van der Waals surface area contributed by atoms with Crippen molar-refractivity contribution in [2.75, 3.05) is 0 Å². The van der Waals surface area contributed by atoms with Crippen molar-refractivity contribution < 1.29 is 9.18 Å². The van der Waals surface area contributed by atoms with Crippen LogP contribution in [0.5, 0.6) is 0 Å². The van der Waals surface area contributed by atoms with Crippen molar-refractivity contribution >= 4 is 5.78 Å². The summed E-state index contributed by atoms with van der Waals surface area (Å²) < 4.78 is 13.4. The predicted molar refractivity (Wildman–Crippen MR) is 56.6 cm³/mol. The normalized spacial score (nSPS) is 10.1. The summed E-state index contributed by atoms with van der Waals surface area (Å²) in [6.45, 7) is 1.81. The number of rotatable bonds is 2. The zero-order valence-electron chi connectivity index (χ0n) is 8.64. The van der Waals surface area contributed by atoms with Gasteiger partial charge in [0.1, 0.15) is 5.82 Å². The topological polar surface area (TPSA) is 42.9 Å². The molecule has 0 saturated heterocycles. The Morgan fingerprint density at radius 3 is 2.75 bits per heavy atom. The molecule has 0 fully saturated rings. The Kier molecular flexibility index (Phi) is 2.72. The van der Waals surface area contributed by atoms with E-state index in [2.05, 4.69) is 10.2 Å². The van der Waals surface area contributed by atoms with Crippen molar-refractivity contribution in [2.24, 2.45) is 0 Å². The van der Waals surface area contributed by atoms with Gasteiger partial charge in [0.05, 0.1) is 18.0 Å². The molecule has 0 amide bonds. The third kappa shape index (κ3) is 1.95. The molecule has 80 valence electrons. The van der Waals surface area contributed by atoms with Crippen LogP contribution in [0.25, 0.3) is 0 Å². The van der Waals surface area contributed by atoms with Crippen LogP contribution in [-0.2, 0) is 0 Å². The predicted octanol–water partition coefficient (Wildman–Crippen LogP) is 2.16. The van der Waals surface area contributed by atoms with Crippen LogP contribution in [0.4, 0.5) is 4.39 Å². The molecule has 0 aliphatic heterocycles. The first-order chi connectivity index (χ1) is 7.68. The van der Waals surface area contributed by atoms with Crippen LogP contribution >= 0.6 is 0 Å². The Hall–Kier alpha value is -2.10.